The van der Waals surface area contributed by atoms with E-state index in [0.29, 0.717) is 0 Å². The molecule has 1 fully saturated rings. The van der Waals surface area contributed by atoms with E-state index >= 15 is 0 Å². The molecular formula is C14H20O2. The molecule has 1 aliphatic rings. The minimum atomic E-state index is -0.494. The van der Waals surface area contributed by atoms with Crippen molar-refractivity contribution in [3.8, 4) is 0 Å². The Morgan fingerprint density at radius 3 is 2.50 bits per heavy atom. The molecule has 2 heteroatoms. The van der Waals surface area contributed by atoms with Crippen molar-refractivity contribution in [2.45, 2.75) is 44.8 Å². The number of hydrogen-bond donors (Lipinski definition) is 1. The largest absolute Gasteiger partial charge is 0.385 e. The van der Waals surface area contributed by atoms with E-state index in [1.54, 1.807) is 7.11 Å². The Morgan fingerprint density at radius 2 is 2.00 bits per heavy atom. The first kappa shape index (κ1) is 11.6. The van der Waals surface area contributed by atoms with Gasteiger partial charge < -0.3 is 9.84 Å². The number of aryl methyl sites for hydroxylation is 1. The Kier molecular flexibility index (Phi) is 3.04. The zero-order valence-electron chi connectivity index (χ0n) is 10.3. The molecule has 88 valence electrons. The molecule has 2 nitrogen and oxygen atoms in total. The van der Waals surface area contributed by atoms with Crippen molar-refractivity contribution in [1.82, 2.24) is 0 Å². The predicted octanol–water partition coefficient (Wildman–Crippen LogP) is 2.91. The molecule has 1 atom stereocenters. The van der Waals surface area contributed by atoms with Crippen LogP contribution in [0.5, 0.6) is 0 Å². The third-order valence-electron chi connectivity index (χ3n) is 4.05. The van der Waals surface area contributed by atoms with Crippen LogP contribution in [0.1, 0.15) is 42.1 Å². The second-order valence-corrected chi connectivity index (χ2v) is 4.81. The highest BCUT2D eigenvalue weighted by atomic mass is 16.5. The van der Waals surface area contributed by atoms with Crippen molar-refractivity contribution in [3.05, 3.63) is 34.9 Å². The first-order valence-corrected chi connectivity index (χ1v) is 5.90. The molecule has 1 aromatic carbocycles. The van der Waals surface area contributed by atoms with Crippen molar-refractivity contribution in [1.29, 1.82) is 0 Å². The van der Waals surface area contributed by atoms with Gasteiger partial charge in [0.2, 0.25) is 0 Å². The fourth-order valence-electron chi connectivity index (χ4n) is 2.47. The fourth-order valence-corrected chi connectivity index (χ4v) is 2.47. The van der Waals surface area contributed by atoms with Gasteiger partial charge in [-0.1, -0.05) is 18.2 Å². The van der Waals surface area contributed by atoms with E-state index < -0.39 is 6.10 Å². The maximum Gasteiger partial charge on any atom is 0.108 e. The van der Waals surface area contributed by atoms with Crippen LogP contribution < -0.4 is 0 Å². The number of rotatable bonds is 3. The van der Waals surface area contributed by atoms with Crippen molar-refractivity contribution in [2.24, 2.45) is 0 Å². The van der Waals surface area contributed by atoms with Crippen LogP contribution in [0.25, 0.3) is 0 Å². The zero-order chi connectivity index (χ0) is 11.8. The van der Waals surface area contributed by atoms with Gasteiger partial charge in [0.25, 0.3) is 0 Å². The van der Waals surface area contributed by atoms with Gasteiger partial charge in [-0.05, 0) is 49.8 Å². The first-order valence-electron chi connectivity index (χ1n) is 5.90. The first-order chi connectivity index (χ1) is 7.60. The molecule has 0 saturated heterocycles. The standard InChI is InChI=1S/C14H20O2/c1-10-6-4-7-12(11(10)2)13(15)14(16-3)8-5-9-14/h4,6-7,13,15H,5,8-9H2,1-3H3. The Morgan fingerprint density at radius 1 is 1.31 bits per heavy atom. The lowest BCUT2D eigenvalue weighted by molar-refractivity contribution is -0.152. The average molecular weight is 220 g/mol. The predicted molar refractivity (Wildman–Crippen MR) is 64.5 cm³/mol. The maximum atomic E-state index is 10.5. The van der Waals surface area contributed by atoms with Gasteiger partial charge in [0, 0.05) is 7.11 Å². The molecule has 1 saturated carbocycles. The minimum absolute atomic E-state index is 0.335. The molecule has 0 heterocycles. The van der Waals surface area contributed by atoms with Crippen LogP contribution in [-0.2, 0) is 4.74 Å². The van der Waals surface area contributed by atoms with E-state index in [4.69, 9.17) is 4.74 Å². The van der Waals surface area contributed by atoms with Crippen LogP contribution in [0.4, 0.5) is 0 Å². The van der Waals surface area contributed by atoms with E-state index in [2.05, 4.69) is 19.9 Å². The van der Waals surface area contributed by atoms with Crippen LogP contribution in [0.2, 0.25) is 0 Å². The maximum absolute atomic E-state index is 10.5. The lowest BCUT2D eigenvalue weighted by Gasteiger charge is -2.44. The highest BCUT2D eigenvalue weighted by molar-refractivity contribution is 5.36. The van der Waals surface area contributed by atoms with Crippen molar-refractivity contribution in [3.63, 3.8) is 0 Å². The Labute approximate surface area is 97.3 Å². The Hall–Kier alpha value is -0.860. The summed E-state index contributed by atoms with van der Waals surface area (Å²) in [6.45, 7) is 4.14. The summed E-state index contributed by atoms with van der Waals surface area (Å²) in [6, 6.07) is 6.08. The molecule has 2 rings (SSSR count). The quantitative estimate of drug-likeness (QED) is 0.848. The fraction of sp³-hybridized carbons (Fsp3) is 0.571. The summed E-state index contributed by atoms with van der Waals surface area (Å²) in [6.07, 6.45) is 2.57. The zero-order valence-corrected chi connectivity index (χ0v) is 10.3. The van der Waals surface area contributed by atoms with E-state index in [-0.39, 0.29) is 5.60 Å². The highest BCUT2D eigenvalue weighted by Gasteiger charge is 2.44. The number of methoxy groups -OCH3 is 1. The van der Waals surface area contributed by atoms with E-state index in [0.717, 1.165) is 24.8 Å². The van der Waals surface area contributed by atoms with Crippen LogP contribution in [0, 0.1) is 13.8 Å². The smallest absolute Gasteiger partial charge is 0.108 e. The SMILES string of the molecule is COC1(C(O)c2cccc(C)c2C)CCC1. The van der Waals surface area contributed by atoms with E-state index in [9.17, 15) is 5.11 Å². The number of ether oxygens (including phenoxy) is 1. The summed E-state index contributed by atoms with van der Waals surface area (Å²) in [5.74, 6) is 0. The van der Waals surface area contributed by atoms with Gasteiger partial charge in [-0.15, -0.1) is 0 Å². The van der Waals surface area contributed by atoms with Gasteiger partial charge >= 0.3 is 0 Å². The van der Waals surface area contributed by atoms with Gasteiger partial charge in [0.15, 0.2) is 0 Å². The van der Waals surface area contributed by atoms with Gasteiger partial charge in [0.05, 0.1) is 5.60 Å². The van der Waals surface area contributed by atoms with E-state index in [1.165, 1.54) is 11.1 Å². The molecule has 0 aliphatic heterocycles. The summed E-state index contributed by atoms with van der Waals surface area (Å²) in [4.78, 5) is 0. The van der Waals surface area contributed by atoms with Gasteiger partial charge in [-0.25, -0.2) is 0 Å². The van der Waals surface area contributed by atoms with Crippen LogP contribution in [0.15, 0.2) is 18.2 Å². The highest BCUT2D eigenvalue weighted by Crippen LogP contribution is 2.45. The molecule has 0 radical (unpaired) electrons. The monoisotopic (exact) mass is 220 g/mol. The summed E-state index contributed by atoms with van der Waals surface area (Å²) in [5.41, 5.74) is 3.08. The summed E-state index contributed by atoms with van der Waals surface area (Å²) < 4.78 is 5.53. The Bertz CT molecular complexity index is 375. The molecular weight excluding hydrogens is 200 g/mol. The molecule has 1 N–H and O–H groups in total. The van der Waals surface area contributed by atoms with E-state index in [1.807, 2.05) is 12.1 Å². The van der Waals surface area contributed by atoms with Crippen LogP contribution in [-0.4, -0.2) is 17.8 Å². The number of aliphatic hydroxyl groups is 1. The van der Waals surface area contributed by atoms with Gasteiger partial charge in [0.1, 0.15) is 6.10 Å². The second-order valence-electron chi connectivity index (χ2n) is 4.81. The molecule has 16 heavy (non-hydrogen) atoms. The van der Waals surface area contributed by atoms with Crippen molar-refractivity contribution < 1.29 is 9.84 Å². The molecule has 0 amide bonds. The third-order valence-corrected chi connectivity index (χ3v) is 4.05. The van der Waals surface area contributed by atoms with Gasteiger partial charge in [-0.3, -0.25) is 0 Å². The van der Waals surface area contributed by atoms with Crippen LogP contribution in [0.3, 0.4) is 0 Å². The normalized spacial score (nSPS) is 20.2. The molecule has 1 unspecified atom stereocenters. The van der Waals surface area contributed by atoms with Crippen molar-refractivity contribution in [2.75, 3.05) is 7.11 Å². The second kappa shape index (κ2) is 4.19. The van der Waals surface area contributed by atoms with Crippen LogP contribution >= 0.6 is 0 Å². The van der Waals surface area contributed by atoms with Crippen molar-refractivity contribution >= 4 is 0 Å². The number of aliphatic hydroxyl groups excluding tert-OH is 1. The lowest BCUT2D eigenvalue weighted by atomic mass is 9.73. The lowest BCUT2D eigenvalue weighted by Crippen LogP contribution is -2.45. The molecule has 1 aromatic rings. The van der Waals surface area contributed by atoms with Gasteiger partial charge in [-0.2, -0.15) is 0 Å². The third kappa shape index (κ3) is 1.66. The summed E-state index contributed by atoms with van der Waals surface area (Å²) in [7, 11) is 1.70. The topological polar surface area (TPSA) is 29.5 Å². The molecule has 0 bridgehead atoms. The molecule has 0 spiro atoms. The summed E-state index contributed by atoms with van der Waals surface area (Å²) >= 11 is 0. The molecule has 1 aliphatic carbocycles. The summed E-state index contributed by atoms with van der Waals surface area (Å²) in [5, 5.41) is 10.5. The molecule has 0 aromatic heterocycles. The Balaban J connectivity index is 2.33. The minimum Gasteiger partial charge on any atom is -0.385 e. The average Bonchev–Trinajstić information content (AvgIpc) is 2.21. The number of hydrogen-bond acceptors (Lipinski definition) is 2. The number of benzene rings is 1.